The number of fused-ring (bicyclic) bond motifs is 1. The number of nitrogens with zero attached hydrogens (tertiary/aromatic N) is 2. The number of amidine groups is 1. The van der Waals surface area contributed by atoms with Gasteiger partial charge in [-0.15, -0.1) is 16.4 Å². The quantitative estimate of drug-likeness (QED) is 0.654. The molecule has 2 heterocycles. The maximum absolute atomic E-state index is 13.6. The molecule has 9 heteroatoms. The van der Waals surface area contributed by atoms with Gasteiger partial charge in [0, 0.05) is 10.9 Å². The predicted molar refractivity (Wildman–Crippen MR) is 88.6 cm³/mol. The Morgan fingerprint density at radius 1 is 1.43 bits per heavy atom. The van der Waals surface area contributed by atoms with Gasteiger partial charge in [-0.1, -0.05) is 11.8 Å². The van der Waals surface area contributed by atoms with Crippen LogP contribution in [0, 0.1) is 5.82 Å². The monoisotopic (exact) mass is 351 g/mol. The molecule has 1 amide bonds. The van der Waals surface area contributed by atoms with Gasteiger partial charge in [0.25, 0.3) is 0 Å². The topological polar surface area (TPSA) is 91.1 Å². The van der Waals surface area contributed by atoms with Crippen molar-refractivity contribution >= 4 is 56.4 Å². The van der Waals surface area contributed by atoms with E-state index < -0.39 is 17.1 Å². The van der Waals surface area contributed by atoms with Crippen molar-refractivity contribution in [2.24, 2.45) is 10.2 Å². The predicted octanol–water partition coefficient (Wildman–Crippen LogP) is 2.44. The smallest absolute Gasteiger partial charge is 0.305 e. The molecule has 3 rings (SSSR count). The van der Waals surface area contributed by atoms with E-state index in [1.165, 1.54) is 23.6 Å². The molecular weight excluding hydrogens is 341 g/mol. The van der Waals surface area contributed by atoms with Gasteiger partial charge in [-0.05, 0) is 23.6 Å². The average molecular weight is 351 g/mol. The summed E-state index contributed by atoms with van der Waals surface area (Å²) in [5.41, 5.74) is 0.711. The first-order chi connectivity index (χ1) is 11.0. The number of aliphatic carboxylic acids is 1. The summed E-state index contributed by atoms with van der Waals surface area (Å²) in [7, 11) is 0. The third kappa shape index (κ3) is 3.40. The molecule has 0 saturated carbocycles. The number of rotatable bonds is 4. The average Bonchev–Trinajstić information content (AvgIpc) is 3.09. The second kappa shape index (κ2) is 6.47. The summed E-state index contributed by atoms with van der Waals surface area (Å²) in [6.45, 7) is 0. The highest BCUT2D eigenvalue weighted by Crippen LogP contribution is 2.26. The summed E-state index contributed by atoms with van der Waals surface area (Å²) in [6, 6.07) is 4.76. The highest BCUT2D eigenvalue weighted by molar-refractivity contribution is 8.15. The number of hydrogen-bond donors (Lipinski definition) is 2. The number of thiophene rings is 1. The number of carbonyl (C=O) groups is 2. The molecule has 1 unspecified atom stereocenters. The van der Waals surface area contributed by atoms with E-state index in [2.05, 4.69) is 15.5 Å². The summed E-state index contributed by atoms with van der Waals surface area (Å²) >= 11 is 2.33. The number of carbonyl (C=O) groups excluding carboxylic acids is 1. The minimum Gasteiger partial charge on any atom is -0.481 e. The van der Waals surface area contributed by atoms with Crippen LogP contribution in [0.25, 0.3) is 10.1 Å². The highest BCUT2D eigenvalue weighted by Gasteiger charge is 2.32. The first-order valence-electron chi connectivity index (χ1n) is 6.50. The Labute approximate surface area is 138 Å². The standard InChI is InChI=1S/C14H10FN3O3S2/c15-9-2-1-7(8-3-4-22-12(8)9)6-16-18-14-17-13(21)10(23-14)5-11(19)20/h1-4,6,10H,5H2,(H,19,20)(H,17,18,21). The second-order valence-electron chi connectivity index (χ2n) is 4.64. The fourth-order valence-corrected chi connectivity index (χ4v) is 3.80. The van der Waals surface area contributed by atoms with Gasteiger partial charge in [0.05, 0.1) is 17.3 Å². The maximum atomic E-state index is 13.6. The first kappa shape index (κ1) is 15.6. The minimum absolute atomic E-state index is 0.251. The summed E-state index contributed by atoms with van der Waals surface area (Å²) in [5.74, 6) is -1.73. The molecule has 1 aliphatic heterocycles. The number of carboxylic acid groups (broad SMARTS) is 1. The van der Waals surface area contributed by atoms with Crippen molar-refractivity contribution in [2.45, 2.75) is 11.7 Å². The molecule has 0 spiro atoms. The van der Waals surface area contributed by atoms with Gasteiger partial charge in [-0.3, -0.25) is 9.59 Å². The zero-order valence-corrected chi connectivity index (χ0v) is 13.2. The fraction of sp³-hybridized carbons (Fsp3) is 0.143. The molecule has 1 aromatic carbocycles. The molecule has 1 aromatic heterocycles. The molecule has 1 aliphatic rings. The van der Waals surface area contributed by atoms with Crippen molar-refractivity contribution in [3.8, 4) is 0 Å². The Bertz CT molecular complexity index is 847. The number of carboxylic acids is 1. The fourth-order valence-electron chi connectivity index (χ4n) is 2.05. The van der Waals surface area contributed by atoms with Crippen LogP contribution in [0.3, 0.4) is 0 Å². The summed E-state index contributed by atoms with van der Waals surface area (Å²) in [6.07, 6.45) is 1.20. The van der Waals surface area contributed by atoms with Crippen molar-refractivity contribution in [1.82, 2.24) is 5.32 Å². The van der Waals surface area contributed by atoms with Gasteiger partial charge in [-0.25, -0.2) is 4.39 Å². The molecule has 1 saturated heterocycles. The number of benzene rings is 1. The van der Waals surface area contributed by atoms with Crippen molar-refractivity contribution in [2.75, 3.05) is 0 Å². The molecule has 2 aromatic rings. The van der Waals surface area contributed by atoms with Crippen molar-refractivity contribution in [1.29, 1.82) is 0 Å². The van der Waals surface area contributed by atoms with Crippen LogP contribution in [0.2, 0.25) is 0 Å². The van der Waals surface area contributed by atoms with Gasteiger partial charge < -0.3 is 10.4 Å². The second-order valence-corrected chi connectivity index (χ2v) is 6.75. The van der Waals surface area contributed by atoms with E-state index in [4.69, 9.17) is 5.11 Å². The lowest BCUT2D eigenvalue weighted by Crippen LogP contribution is -2.26. The maximum Gasteiger partial charge on any atom is 0.305 e. The van der Waals surface area contributed by atoms with E-state index in [-0.39, 0.29) is 17.4 Å². The van der Waals surface area contributed by atoms with Crippen molar-refractivity contribution in [3.05, 3.63) is 35.0 Å². The molecular formula is C14H10FN3O3S2. The van der Waals surface area contributed by atoms with Crippen LogP contribution in [0.5, 0.6) is 0 Å². The van der Waals surface area contributed by atoms with Crippen molar-refractivity contribution < 1.29 is 19.1 Å². The minimum atomic E-state index is -1.05. The van der Waals surface area contributed by atoms with Crippen molar-refractivity contribution in [3.63, 3.8) is 0 Å². The molecule has 1 atom stereocenters. The number of thioether (sulfide) groups is 1. The third-order valence-electron chi connectivity index (χ3n) is 3.08. The van der Waals surface area contributed by atoms with Gasteiger partial charge in [0.15, 0.2) is 5.17 Å². The highest BCUT2D eigenvalue weighted by atomic mass is 32.2. The molecule has 6 nitrogen and oxygen atoms in total. The molecule has 118 valence electrons. The van der Waals surface area contributed by atoms with E-state index in [1.54, 1.807) is 17.5 Å². The molecule has 1 fully saturated rings. The zero-order valence-electron chi connectivity index (χ0n) is 11.5. The molecule has 0 bridgehead atoms. The van der Waals surface area contributed by atoms with Crippen LogP contribution >= 0.6 is 23.1 Å². The number of amides is 1. The van der Waals surface area contributed by atoms with E-state index >= 15 is 0 Å². The Hall–Kier alpha value is -2.26. The SMILES string of the molecule is O=C(O)CC1SC(=NN=Cc2ccc(F)c3sccc23)NC1=O. The normalized spacial score (nSPS) is 19.8. The van der Waals surface area contributed by atoms with Crippen LogP contribution in [0.1, 0.15) is 12.0 Å². The molecule has 23 heavy (non-hydrogen) atoms. The lowest BCUT2D eigenvalue weighted by atomic mass is 10.1. The van der Waals surface area contributed by atoms with Gasteiger partial charge in [-0.2, -0.15) is 5.10 Å². The summed E-state index contributed by atoms with van der Waals surface area (Å²) in [5, 5.41) is 21.0. The Morgan fingerprint density at radius 2 is 2.26 bits per heavy atom. The van der Waals surface area contributed by atoms with Gasteiger partial charge in [0.1, 0.15) is 11.1 Å². The van der Waals surface area contributed by atoms with E-state index in [9.17, 15) is 14.0 Å². The lowest BCUT2D eigenvalue weighted by Gasteiger charge is -1.98. The largest absolute Gasteiger partial charge is 0.481 e. The van der Waals surface area contributed by atoms with E-state index in [0.717, 1.165) is 17.1 Å². The molecule has 0 aliphatic carbocycles. The molecule has 2 N–H and O–H groups in total. The van der Waals surface area contributed by atoms with Crippen LogP contribution in [-0.4, -0.2) is 33.6 Å². The lowest BCUT2D eigenvalue weighted by molar-refractivity contribution is -0.138. The Balaban J connectivity index is 1.76. The van der Waals surface area contributed by atoms with E-state index in [0.29, 0.717) is 10.3 Å². The number of hydrogen-bond acceptors (Lipinski definition) is 6. The number of halogens is 1. The molecule has 0 radical (unpaired) electrons. The Morgan fingerprint density at radius 3 is 3.04 bits per heavy atom. The Kier molecular flexibility index (Phi) is 4.39. The van der Waals surface area contributed by atoms with Crippen LogP contribution in [0.4, 0.5) is 4.39 Å². The first-order valence-corrected chi connectivity index (χ1v) is 8.26. The third-order valence-corrected chi connectivity index (χ3v) is 5.08. The summed E-state index contributed by atoms with van der Waals surface area (Å²) < 4.78 is 14.1. The van der Waals surface area contributed by atoms with E-state index in [1.807, 2.05) is 0 Å². The number of nitrogens with one attached hydrogen (secondary N) is 1. The summed E-state index contributed by atoms with van der Waals surface area (Å²) in [4.78, 5) is 22.2. The zero-order chi connectivity index (χ0) is 16.4. The van der Waals surface area contributed by atoms with Crippen LogP contribution in [0.15, 0.2) is 33.8 Å². The van der Waals surface area contributed by atoms with Gasteiger partial charge in [0.2, 0.25) is 5.91 Å². The van der Waals surface area contributed by atoms with Crippen LogP contribution < -0.4 is 5.32 Å². The van der Waals surface area contributed by atoms with Gasteiger partial charge >= 0.3 is 5.97 Å². The van der Waals surface area contributed by atoms with Crippen LogP contribution in [-0.2, 0) is 9.59 Å².